The zero-order valence-corrected chi connectivity index (χ0v) is 11.0. The van der Waals surface area contributed by atoms with Gasteiger partial charge >= 0.3 is 0 Å². The van der Waals surface area contributed by atoms with Gasteiger partial charge in [0.2, 0.25) is 5.91 Å². The van der Waals surface area contributed by atoms with Crippen LogP contribution in [0.25, 0.3) is 0 Å². The molecule has 0 aromatic heterocycles. The lowest BCUT2D eigenvalue weighted by molar-refractivity contribution is -0.121. The summed E-state index contributed by atoms with van der Waals surface area (Å²) >= 11 is 0. The lowest BCUT2D eigenvalue weighted by Crippen LogP contribution is -2.38. The zero-order chi connectivity index (χ0) is 13.9. The van der Waals surface area contributed by atoms with Crippen LogP contribution in [0.1, 0.15) is 11.1 Å². The second-order valence-electron chi connectivity index (χ2n) is 4.94. The van der Waals surface area contributed by atoms with Crippen LogP contribution in [0.2, 0.25) is 0 Å². The van der Waals surface area contributed by atoms with Crippen LogP contribution in [0, 0.1) is 0 Å². The number of phenols is 1. The Morgan fingerprint density at radius 1 is 1.20 bits per heavy atom. The molecule has 1 unspecified atom stereocenters. The topological polar surface area (TPSA) is 61.4 Å². The summed E-state index contributed by atoms with van der Waals surface area (Å²) < 4.78 is 0. The number of para-hydroxylation sites is 1. The smallest absolute Gasteiger partial charge is 0.243 e. The van der Waals surface area contributed by atoms with Crippen molar-refractivity contribution >= 4 is 11.6 Å². The standard InChI is InChI=1S/C16H16N2O2/c19-13-7-5-11(6-8-13)10-17-16(20)15-9-12-3-1-2-4-14(12)18-15/h1-8,15,18-19H,9-10H2,(H,17,20). The second-order valence-corrected chi connectivity index (χ2v) is 4.94. The van der Waals surface area contributed by atoms with Crippen molar-refractivity contribution in [1.29, 1.82) is 0 Å². The Kier molecular flexibility index (Phi) is 3.29. The van der Waals surface area contributed by atoms with E-state index in [4.69, 9.17) is 0 Å². The molecule has 1 aliphatic rings. The maximum absolute atomic E-state index is 12.1. The van der Waals surface area contributed by atoms with E-state index in [1.807, 2.05) is 24.3 Å². The summed E-state index contributed by atoms with van der Waals surface area (Å²) in [6, 6.07) is 14.6. The van der Waals surface area contributed by atoms with Crippen LogP contribution in [0.15, 0.2) is 48.5 Å². The van der Waals surface area contributed by atoms with Crippen LogP contribution in [0.3, 0.4) is 0 Å². The van der Waals surface area contributed by atoms with E-state index in [1.54, 1.807) is 24.3 Å². The first-order chi connectivity index (χ1) is 9.72. The quantitative estimate of drug-likeness (QED) is 0.798. The van der Waals surface area contributed by atoms with Gasteiger partial charge in [-0.3, -0.25) is 4.79 Å². The maximum Gasteiger partial charge on any atom is 0.243 e. The van der Waals surface area contributed by atoms with Crippen molar-refractivity contribution in [3.8, 4) is 5.75 Å². The van der Waals surface area contributed by atoms with Crippen LogP contribution in [0.5, 0.6) is 5.75 Å². The van der Waals surface area contributed by atoms with Crippen molar-refractivity contribution in [2.24, 2.45) is 0 Å². The number of nitrogens with one attached hydrogen (secondary N) is 2. The number of benzene rings is 2. The van der Waals surface area contributed by atoms with Crippen LogP contribution < -0.4 is 10.6 Å². The molecule has 102 valence electrons. The molecule has 2 aromatic carbocycles. The van der Waals surface area contributed by atoms with E-state index in [0.717, 1.165) is 17.7 Å². The molecule has 0 bridgehead atoms. The minimum absolute atomic E-state index is 0.00530. The molecule has 4 nitrogen and oxygen atoms in total. The minimum Gasteiger partial charge on any atom is -0.508 e. The molecular formula is C16H16N2O2. The number of fused-ring (bicyclic) bond motifs is 1. The third-order valence-electron chi connectivity index (χ3n) is 3.49. The summed E-state index contributed by atoms with van der Waals surface area (Å²) in [6.45, 7) is 0.466. The largest absolute Gasteiger partial charge is 0.508 e. The van der Waals surface area contributed by atoms with Gasteiger partial charge in [-0.05, 0) is 29.3 Å². The third-order valence-corrected chi connectivity index (χ3v) is 3.49. The fraction of sp³-hybridized carbons (Fsp3) is 0.188. The molecule has 4 heteroatoms. The average molecular weight is 268 g/mol. The molecule has 0 saturated carbocycles. The van der Waals surface area contributed by atoms with E-state index in [0.29, 0.717) is 6.54 Å². The minimum atomic E-state index is -0.204. The van der Waals surface area contributed by atoms with E-state index in [9.17, 15) is 9.90 Å². The number of carbonyl (C=O) groups is 1. The predicted molar refractivity (Wildman–Crippen MR) is 77.5 cm³/mol. The predicted octanol–water partition coefficient (Wildman–Crippen LogP) is 2.05. The van der Waals surface area contributed by atoms with Crippen molar-refractivity contribution < 1.29 is 9.90 Å². The Labute approximate surface area is 117 Å². The van der Waals surface area contributed by atoms with Gasteiger partial charge < -0.3 is 15.7 Å². The maximum atomic E-state index is 12.1. The third kappa shape index (κ3) is 2.59. The summed E-state index contributed by atoms with van der Waals surface area (Å²) in [4.78, 5) is 12.1. The molecule has 3 rings (SSSR count). The van der Waals surface area contributed by atoms with Crippen LogP contribution >= 0.6 is 0 Å². The highest BCUT2D eigenvalue weighted by molar-refractivity contribution is 5.87. The summed E-state index contributed by atoms with van der Waals surface area (Å²) in [5.41, 5.74) is 3.18. The van der Waals surface area contributed by atoms with Gasteiger partial charge in [0.1, 0.15) is 11.8 Å². The van der Waals surface area contributed by atoms with Gasteiger partial charge in [0.15, 0.2) is 0 Å². The van der Waals surface area contributed by atoms with Gasteiger partial charge in [-0.15, -0.1) is 0 Å². The molecule has 20 heavy (non-hydrogen) atoms. The molecule has 0 radical (unpaired) electrons. The first-order valence-electron chi connectivity index (χ1n) is 6.62. The summed E-state index contributed by atoms with van der Waals surface area (Å²) in [7, 11) is 0. The van der Waals surface area contributed by atoms with Gasteiger partial charge in [-0.2, -0.15) is 0 Å². The molecule has 0 saturated heterocycles. The molecule has 2 aromatic rings. The van der Waals surface area contributed by atoms with Crippen LogP contribution in [-0.4, -0.2) is 17.1 Å². The Balaban J connectivity index is 1.57. The Hall–Kier alpha value is -2.49. The molecule has 0 spiro atoms. The van der Waals surface area contributed by atoms with Crippen molar-refractivity contribution in [3.63, 3.8) is 0 Å². The summed E-state index contributed by atoms with van der Waals surface area (Å²) in [6.07, 6.45) is 0.720. The lowest BCUT2D eigenvalue weighted by atomic mass is 10.1. The first kappa shape index (κ1) is 12.5. The molecule has 1 heterocycles. The Morgan fingerprint density at radius 3 is 2.70 bits per heavy atom. The number of aromatic hydroxyl groups is 1. The normalized spacial score (nSPS) is 16.3. The molecular weight excluding hydrogens is 252 g/mol. The zero-order valence-electron chi connectivity index (χ0n) is 11.0. The number of hydrogen-bond acceptors (Lipinski definition) is 3. The van der Waals surface area contributed by atoms with E-state index < -0.39 is 0 Å². The van der Waals surface area contributed by atoms with Crippen molar-refractivity contribution in [3.05, 3.63) is 59.7 Å². The molecule has 1 amide bonds. The SMILES string of the molecule is O=C(NCc1ccc(O)cc1)C1Cc2ccccc2N1. The van der Waals surface area contributed by atoms with Crippen molar-refractivity contribution in [2.75, 3.05) is 5.32 Å². The highest BCUT2D eigenvalue weighted by Crippen LogP contribution is 2.25. The molecule has 0 fully saturated rings. The lowest BCUT2D eigenvalue weighted by Gasteiger charge is -2.12. The number of amides is 1. The monoisotopic (exact) mass is 268 g/mol. The Morgan fingerprint density at radius 2 is 1.95 bits per heavy atom. The van der Waals surface area contributed by atoms with Gasteiger partial charge in [0.05, 0.1) is 0 Å². The van der Waals surface area contributed by atoms with Crippen LogP contribution in [0.4, 0.5) is 5.69 Å². The molecule has 0 aliphatic carbocycles. The molecule has 1 atom stereocenters. The van der Waals surface area contributed by atoms with E-state index >= 15 is 0 Å². The van der Waals surface area contributed by atoms with Gasteiger partial charge in [0.25, 0.3) is 0 Å². The van der Waals surface area contributed by atoms with Crippen molar-refractivity contribution in [1.82, 2.24) is 5.32 Å². The van der Waals surface area contributed by atoms with Gasteiger partial charge in [-0.1, -0.05) is 30.3 Å². The molecule has 3 N–H and O–H groups in total. The Bertz CT molecular complexity index is 598. The van der Waals surface area contributed by atoms with Gasteiger partial charge in [0, 0.05) is 18.7 Å². The fourth-order valence-electron chi connectivity index (χ4n) is 2.38. The van der Waals surface area contributed by atoms with E-state index in [2.05, 4.69) is 10.6 Å². The van der Waals surface area contributed by atoms with E-state index in [1.165, 1.54) is 5.56 Å². The van der Waals surface area contributed by atoms with Crippen molar-refractivity contribution in [2.45, 2.75) is 19.0 Å². The highest BCUT2D eigenvalue weighted by atomic mass is 16.3. The van der Waals surface area contributed by atoms with Gasteiger partial charge in [-0.25, -0.2) is 0 Å². The number of rotatable bonds is 3. The number of carbonyl (C=O) groups excluding carboxylic acids is 1. The fourth-order valence-corrected chi connectivity index (χ4v) is 2.38. The number of hydrogen-bond donors (Lipinski definition) is 3. The highest BCUT2D eigenvalue weighted by Gasteiger charge is 2.25. The second kappa shape index (κ2) is 5.25. The summed E-state index contributed by atoms with van der Waals surface area (Å²) in [5, 5.41) is 15.3. The number of phenolic OH excluding ortho intramolecular Hbond substituents is 1. The van der Waals surface area contributed by atoms with Crippen LogP contribution in [-0.2, 0) is 17.8 Å². The first-order valence-corrected chi connectivity index (χ1v) is 6.62. The number of anilines is 1. The van der Waals surface area contributed by atoms with E-state index in [-0.39, 0.29) is 17.7 Å². The average Bonchev–Trinajstić information content (AvgIpc) is 2.90. The summed E-state index contributed by atoms with van der Waals surface area (Å²) in [5.74, 6) is 0.224. The molecule has 1 aliphatic heterocycles.